The van der Waals surface area contributed by atoms with Crippen LogP contribution in [0.1, 0.15) is 0 Å². The maximum absolute atomic E-state index is 3.56. The molecule has 0 aliphatic carbocycles. The lowest BCUT2D eigenvalue weighted by molar-refractivity contribution is 1.66. The molecule has 1 radical (unpaired) electrons. The predicted octanol–water partition coefficient (Wildman–Crippen LogP) is 6.22. The smallest absolute Gasteiger partial charge is 0.0181 e. The van der Waals surface area contributed by atoms with Gasteiger partial charge in [-0.1, -0.05) is 76.6 Å². The molecule has 0 fully saturated rings. The molecule has 0 N–H and O–H groups in total. The van der Waals surface area contributed by atoms with Crippen LogP contribution in [0.4, 0.5) is 0 Å². The summed E-state index contributed by atoms with van der Waals surface area (Å²) in [4.78, 5) is 0. The highest BCUT2D eigenvalue weighted by molar-refractivity contribution is 9.10. The molecule has 0 unspecified atom stereocenters. The Morgan fingerprint density at radius 1 is 0.667 bits per heavy atom. The Balaban J connectivity index is 2.22. The normalized spacial score (nSPS) is 11.1. The van der Waals surface area contributed by atoms with Crippen molar-refractivity contribution in [3.05, 3.63) is 83.3 Å². The van der Waals surface area contributed by atoms with Crippen LogP contribution in [0.25, 0.3) is 32.7 Å². The summed E-state index contributed by atoms with van der Waals surface area (Å²) < 4.78 is 1.08. The lowest BCUT2D eigenvalue weighted by Crippen LogP contribution is -1.85. The van der Waals surface area contributed by atoms with E-state index in [9.17, 15) is 0 Å². The van der Waals surface area contributed by atoms with Crippen LogP contribution in [0.3, 0.4) is 0 Å². The molecule has 0 nitrogen and oxygen atoms in total. The van der Waals surface area contributed by atoms with E-state index in [1.807, 2.05) is 0 Å². The van der Waals surface area contributed by atoms with E-state index in [2.05, 4.69) is 94.8 Å². The summed E-state index contributed by atoms with van der Waals surface area (Å²) in [7, 11) is 0. The predicted molar refractivity (Wildman–Crippen MR) is 93.4 cm³/mol. The standard InChI is InChI=1S/C20H12Br/c21-17-10-11-19-16(13-17)12-15-8-4-5-9-18(15)20(19)14-6-2-1-3-7-14/h1-11,13H. The van der Waals surface area contributed by atoms with Gasteiger partial charge in [-0.3, -0.25) is 0 Å². The lowest BCUT2D eigenvalue weighted by Gasteiger charge is -2.12. The maximum atomic E-state index is 3.56. The summed E-state index contributed by atoms with van der Waals surface area (Å²) in [6, 6.07) is 29.0. The third-order valence-electron chi connectivity index (χ3n) is 3.78. The third kappa shape index (κ3) is 2.14. The molecule has 0 aromatic heterocycles. The second-order valence-corrected chi connectivity index (χ2v) is 6.02. The van der Waals surface area contributed by atoms with E-state index in [1.165, 1.54) is 21.9 Å². The Labute approximate surface area is 132 Å². The van der Waals surface area contributed by atoms with E-state index >= 15 is 0 Å². The van der Waals surface area contributed by atoms with Gasteiger partial charge < -0.3 is 0 Å². The van der Waals surface area contributed by atoms with Crippen molar-refractivity contribution in [3.63, 3.8) is 0 Å². The van der Waals surface area contributed by atoms with Crippen LogP contribution in [0.2, 0.25) is 0 Å². The molecule has 0 saturated carbocycles. The Morgan fingerprint density at radius 2 is 1.38 bits per heavy atom. The average Bonchev–Trinajstić information content (AvgIpc) is 2.53. The van der Waals surface area contributed by atoms with Gasteiger partial charge in [-0.15, -0.1) is 0 Å². The van der Waals surface area contributed by atoms with Crippen molar-refractivity contribution in [2.45, 2.75) is 0 Å². The summed E-state index contributed by atoms with van der Waals surface area (Å²) in [5, 5.41) is 4.78. The minimum Gasteiger partial charge on any atom is -0.0622 e. The largest absolute Gasteiger partial charge is 0.0622 e. The molecule has 0 atom stereocenters. The molecule has 0 amide bonds. The maximum Gasteiger partial charge on any atom is 0.0181 e. The van der Waals surface area contributed by atoms with Crippen LogP contribution in [-0.2, 0) is 0 Å². The Bertz CT molecular complexity index is 940. The molecule has 0 bridgehead atoms. The lowest BCUT2D eigenvalue weighted by atomic mass is 9.92. The second kappa shape index (κ2) is 5.01. The molecule has 0 saturated heterocycles. The molecule has 0 spiro atoms. The fourth-order valence-corrected chi connectivity index (χ4v) is 3.22. The number of benzene rings is 4. The van der Waals surface area contributed by atoms with Crippen LogP contribution in [0.15, 0.2) is 77.3 Å². The number of fused-ring (bicyclic) bond motifs is 2. The van der Waals surface area contributed by atoms with Crippen molar-refractivity contribution in [2.24, 2.45) is 0 Å². The summed E-state index contributed by atoms with van der Waals surface area (Å²) in [5.41, 5.74) is 2.53. The summed E-state index contributed by atoms with van der Waals surface area (Å²) in [6.45, 7) is 0. The number of hydrogen-bond acceptors (Lipinski definition) is 0. The van der Waals surface area contributed by atoms with Crippen LogP contribution in [0.5, 0.6) is 0 Å². The Hall–Kier alpha value is -2.12. The summed E-state index contributed by atoms with van der Waals surface area (Å²) in [6.07, 6.45) is 0. The highest BCUT2D eigenvalue weighted by Gasteiger charge is 2.09. The van der Waals surface area contributed by atoms with Crippen molar-refractivity contribution < 1.29 is 0 Å². The van der Waals surface area contributed by atoms with Gasteiger partial charge >= 0.3 is 0 Å². The SMILES string of the molecule is Brc1ccc2c(-c3ccccc3)c3ccccc3[c]c2c1. The molecule has 0 aliphatic heterocycles. The second-order valence-electron chi connectivity index (χ2n) is 5.10. The highest BCUT2D eigenvalue weighted by Crippen LogP contribution is 2.36. The molecular weight excluding hydrogens is 320 g/mol. The zero-order valence-electron chi connectivity index (χ0n) is 11.3. The van der Waals surface area contributed by atoms with Gasteiger partial charge in [0.05, 0.1) is 0 Å². The van der Waals surface area contributed by atoms with E-state index in [1.54, 1.807) is 0 Å². The first-order chi connectivity index (χ1) is 10.3. The van der Waals surface area contributed by atoms with Crippen molar-refractivity contribution in [1.29, 1.82) is 0 Å². The fourth-order valence-electron chi connectivity index (χ4n) is 2.85. The minimum absolute atomic E-state index is 1.08. The van der Waals surface area contributed by atoms with Gasteiger partial charge in [-0.05, 0) is 50.9 Å². The Kier molecular flexibility index (Phi) is 3.01. The first kappa shape index (κ1) is 12.6. The van der Waals surface area contributed by atoms with Crippen molar-refractivity contribution in [1.82, 2.24) is 0 Å². The van der Waals surface area contributed by atoms with E-state index in [0.29, 0.717) is 0 Å². The van der Waals surface area contributed by atoms with Crippen molar-refractivity contribution >= 4 is 37.5 Å². The van der Waals surface area contributed by atoms with Gasteiger partial charge in [0, 0.05) is 4.47 Å². The van der Waals surface area contributed by atoms with Crippen molar-refractivity contribution in [2.75, 3.05) is 0 Å². The van der Waals surface area contributed by atoms with Gasteiger partial charge in [-0.2, -0.15) is 0 Å². The highest BCUT2D eigenvalue weighted by atomic mass is 79.9. The quantitative estimate of drug-likeness (QED) is 0.363. The number of hydrogen-bond donors (Lipinski definition) is 0. The zero-order chi connectivity index (χ0) is 14.2. The number of halogens is 1. The molecule has 1 heteroatoms. The number of rotatable bonds is 1. The molecule has 4 aromatic carbocycles. The zero-order valence-corrected chi connectivity index (χ0v) is 12.9. The first-order valence-corrected chi connectivity index (χ1v) is 7.71. The molecule has 21 heavy (non-hydrogen) atoms. The first-order valence-electron chi connectivity index (χ1n) is 6.92. The van der Waals surface area contributed by atoms with Gasteiger partial charge in [0.2, 0.25) is 0 Å². The van der Waals surface area contributed by atoms with Gasteiger partial charge in [0.25, 0.3) is 0 Å². The molecule has 0 heterocycles. The van der Waals surface area contributed by atoms with E-state index < -0.39 is 0 Å². The van der Waals surface area contributed by atoms with Gasteiger partial charge in [0.15, 0.2) is 0 Å². The minimum atomic E-state index is 1.08. The molecule has 4 rings (SSSR count). The Morgan fingerprint density at radius 3 is 2.24 bits per heavy atom. The monoisotopic (exact) mass is 331 g/mol. The molecule has 0 aliphatic rings. The topological polar surface area (TPSA) is 0 Å². The van der Waals surface area contributed by atoms with Crippen LogP contribution in [0, 0.1) is 6.07 Å². The van der Waals surface area contributed by atoms with Gasteiger partial charge in [-0.25, -0.2) is 0 Å². The molecule has 4 aromatic rings. The average molecular weight is 332 g/mol. The van der Waals surface area contributed by atoms with Crippen LogP contribution in [-0.4, -0.2) is 0 Å². The molecular formula is C20H12Br. The summed E-state index contributed by atoms with van der Waals surface area (Å²) in [5.74, 6) is 0. The molecule has 99 valence electrons. The van der Waals surface area contributed by atoms with E-state index in [0.717, 1.165) is 15.2 Å². The van der Waals surface area contributed by atoms with Gasteiger partial charge in [0.1, 0.15) is 0 Å². The van der Waals surface area contributed by atoms with Crippen LogP contribution >= 0.6 is 15.9 Å². The summed E-state index contributed by atoms with van der Waals surface area (Å²) >= 11 is 3.56. The fraction of sp³-hybridized carbons (Fsp3) is 0. The van der Waals surface area contributed by atoms with E-state index in [4.69, 9.17) is 0 Å². The van der Waals surface area contributed by atoms with Crippen LogP contribution < -0.4 is 0 Å². The van der Waals surface area contributed by atoms with E-state index in [-0.39, 0.29) is 0 Å². The third-order valence-corrected chi connectivity index (χ3v) is 4.27. The van der Waals surface area contributed by atoms with Crippen molar-refractivity contribution in [3.8, 4) is 11.1 Å².